The highest BCUT2D eigenvalue weighted by molar-refractivity contribution is 7.92. The van der Waals surface area contributed by atoms with Crippen LogP contribution in [0.5, 0.6) is 0 Å². The van der Waals surface area contributed by atoms with E-state index in [2.05, 4.69) is 12.2 Å². The summed E-state index contributed by atoms with van der Waals surface area (Å²) >= 11 is 0. The highest BCUT2D eigenvalue weighted by atomic mass is 32.2. The quantitative estimate of drug-likeness (QED) is 0.837. The molecule has 0 aliphatic carbocycles. The van der Waals surface area contributed by atoms with E-state index in [4.69, 9.17) is 0 Å². The number of nitrogens with zero attached hydrogens (tertiary/aromatic N) is 1. The summed E-state index contributed by atoms with van der Waals surface area (Å²) in [6, 6.07) is -0.161. The second-order valence-electron chi connectivity index (χ2n) is 6.25. The Morgan fingerprint density at radius 1 is 1.25 bits per heavy atom. The minimum atomic E-state index is -3.01. The van der Waals surface area contributed by atoms with Crippen LogP contribution in [0, 0.1) is 5.92 Å². The molecule has 3 unspecified atom stereocenters. The lowest BCUT2D eigenvalue weighted by Gasteiger charge is -2.31. The Kier molecular flexibility index (Phi) is 5.07. The van der Waals surface area contributed by atoms with Gasteiger partial charge in [0.1, 0.15) is 0 Å². The van der Waals surface area contributed by atoms with Gasteiger partial charge in [-0.3, -0.25) is 4.79 Å². The van der Waals surface area contributed by atoms with Crippen LogP contribution in [-0.4, -0.2) is 56.4 Å². The van der Waals surface area contributed by atoms with E-state index in [-0.39, 0.29) is 23.0 Å². The molecular weight excluding hydrogens is 276 g/mol. The number of likely N-dealkylation sites (tertiary alicyclic amines) is 1. The molecule has 5 nitrogen and oxygen atoms in total. The maximum atomic E-state index is 12.5. The van der Waals surface area contributed by atoms with E-state index in [1.807, 2.05) is 0 Å². The van der Waals surface area contributed by atoms with Gasteiger partial charge in [0, 0.05) is 13.1 Å². The Hall–Kier alpha value is -0.620. The lowest BCUT2D eigenvalue weighted by molar-refractivity contribution is -0.133. The molecule has 0 aromatic carbocycles. The van der Waals surface area contributed by atoms with Crippen molar-refractivity contribution < 1.29 is 13.2 Å². The third kappa shape index (κ3) is 3.52. The number of nitrogens with one attached hydrogen (secondary N) is 1. The highest BCUT2D eigenvalue weighted by Gasteiger charge is 2.35. The first-order valence-corrected chi connectivity index (χ1v) is 9.33. The average Bonchev–Trinajstić information content (AvgIpc) is 2.52. The highest BCUT2D eigenvalue weighted by Crippen LogP contribution is 2.23. The van der Waals surface area contributed by atoms with E-state index in [0.717, 1.165) is 25.7 Å². The fourth-order valence-electron chi connectivity index (χ4n) is 3.26. The number of sulfone groups is 1. The first-order chi connectivity index (χ1) is 9.44. The largest absolute Gasteiger partial charge is 0.340 e. The topological polar surface area (TPSA) is 66.5 Å². The fourth-order valence-corrected chi connectivity index (χ4v) is 5.13. The van der Waals surface area contributed by atoms with Crippen LogP contribution < -0.4 is 5.32 Å². The SMILES string of the molecule is CNC1CCC(C)CN(CC2CCCCS2(=O)=O)C1=O. The number of hydrogen-bond donors (Lipinski definition) is 1. The Labute approximate surface area is 122 Å². The molecule has 2 saturated heterocycles. The monoisotopic (exact) mass is 302 g/mol. The molecule has 0 aromatic heterocycles. The second kappa shape index (κ2) is 6.43. The number of hydrogen-bond acceptors (Lipinski definition) is 4. The van der Waals surface area contributed by atoms with Gasteiger partial charge in [-0.25, -0.2) is 8.42 Å². The van der Waals surface area contributed by atoms with Gasteiger partial charge in [-0.15, -0.1) is 0 Å². The lowest BCUT2D eigenvalue weighted by atomic mass is 10.0. The summed E-state index contributed by atoms with van der Waals surface area (Å²) in [5.74, 6) is 0.784. The molecule has 0 bridgehead atoms. The van der Waals surface area contributed by atoms with Crippen LogP contribution in [-0.2, 0) is 14.6 Å². The molecule has 0 saturated carbocycles. The van der Waals surface area contributed by atoms with Gasteiger partial charge in [-0.05, 0) is 38.6 Å². The van der Waals surface area contributed by atoms with E-state index < -0.39 is 9.84 Å². The zero-order valence-corrected chi connectivity index (χ0v) is 13.3. The van der Waals surface area contributed by atoms with Crippen molar-refractivity contribution >= 4 is 15.7 Å². The normalized spacial score (nSPS) is 34.8. The van der Waals surface area contributed by atoms with Crippen molar-refractivity contribution in [3.63, 3.8) is 0 Å². The number of likely N-dealkylation sites (N-methyl/N-ethyl adjacent to an activating group) is 1. The number of carbonyl (C=O) groups is 1. The van der Waals surface area contributed by atoms with Crippen LogP contribution >= 0.6 is 0 Å². The molecule has 6 heteroatoms. The molecule has 116 valence electrons. The summed E-state index contributed by atoms with van der Waals surface area (Å²) in [7, 11) is -1.21. The van der Waals surface area contributed by atoms with Crippen molar-refractivity contribution in [2.24, 2.45) is 5.92 Å². The van der Waals surface area contributed by atoms with Crippen LogP contribution in [0.3, 0.4) is 0 Å². The number of rotatable bonds is 3. The third-order valence-electron chi connectivity index (χ3n) is 4.58. The first kappa shape index (κ1) is 15.8. The van der Waals surface area contributed by atoms with Gasteiger partial charge in [-0.1, -0.05) is 13.3 Å². The Morgan fingerprint density at radius 3 is 2.65 bits per heavy atom. The second-order valence-corrected chi connectivity index (χ2v) is 8.65. The number of amides is 1. The fraction of sp³-hybridized carbons (Fsp3) is 0.929. The van der Waals surface area contributed by atoms with Crippen molar-refractivity contribution in [1.82, 2.24) is 10.2 Å². The first-order valence-electron chi connectivity index (χ1n) is 7.61. The molecule has 2 fully saturated rings. The standard InChI is InChI=1S/C14H26N2O3S/c1-11-6-7-13(15-2)14(17)16(9-11)10-12-5-3-4-8-20(12,18)19/h11-13,15H,3-10H2,1-2H3. The van der Waals surface area contributed by atoms with Crippen LogP contribution in [0.2, 0.25) is 0 Å². The molecular formula is C14H26N2O3S. The van der Waals surface area contributed by atoms with Crippen molar-refractivity contribution in [1.29, 1.82) is 0 Å². The molecule has 2 aliphatic rings. The summed E-state index contributed by atoms with van der Waals surface area (Å²) in [6.07, 6.45) is 4.26. The van der Waals surface area contributed by atoms with Gasteiger partial charge in [-0.2, -0.15) is 0 Å². The van der Waals surface area contributed by atoms with E-state index >= 15 is 0 Å². The molecule has 2 heterocycles. The van der Waals surface area contributed by atoms with Crippen LogP contribution in [0.4, 0.5) is 0 Å². The lowest BCUT2D eigenvalue weighted by Crippen LogP contribution is -2.49. The Balaban J connectivity index is 2.10. The van der Waals surface area contributed by atoms with Gasteiger partial charge in [0.25, 0.3) is 0 Å². The molecule has 0 radical (unpaired) electrons. The average molecular weight is 302 g/mol. The smallest absolute Gasteiger partial charge is 0.239 e. The van der Waals surface area contributed by atoms with Crippen molar-refractivity contribution in [3.05, 3.63) is 0 Å². The molecule has 0 spiro atoms. The van der Waals surface area contributed by atoms with Crippen LogP contribution in [0.25, 0.3) is 0 Å². The predicted octanol–water partition coefficient (Wildman–Crippen LogP) is 0.800. The Bertz CT molecular complexity index is 449. The molecule has 3 atom stereocenters. The number of carbonyl (C=O) groups excluding carboxylic acids is 1. The van der Waals surface area contributed by atoms with Crippen LogP contribution in [0.15, 0.2) is 0 Å². The molecule has 1 N–H and O–H groups in total. The van der Waals surface area contributed by atoms with Gasteiger partial charge < -0.3 is 10.2 Å². The summed E-state index contributed by atoms with van der Waals surface area (Å²) in [6.45, 7) is 3.19. The molecule has 1 amide bonds. The van der Waals surface area contributed by atoms with Gasteiger partial charge >= 0.3 is 0 Å². The van der Waals surface area contributed by atoms with E-state index in [1.54, 1.807) is 11.9 Å². The van der Waals surface area contributed by atoms with Gasteiger partial charge in [0.15, 0.2) is 9.84 Å². The molecule has 2 rings (SSSR count). The molecule has 20 heavy (non-hydrogen) atoms. The van der Waals surface area contributed by atoms with Crippen molar-refractivity contribution in [2.45, 2.75) is 50.3 Å². The summed E-state index contributed by atoms with van der Waals surface area (Å²) in [5, 5.41) is 2.70. The predicted molar refractivity (Wildman–Crippen MR) is 79.3 cm³/mol. The van der Waals surface area contributed by atoms with E-state index in [0.29, 0.717) is 25.4 Å². The molecule has 0 aromatic rings. The molecule has 2 aliphatic heterocycles. The zero-order chi connectivity index (χ0) is 14.8. The summed E-state index contributed by atoms with van der Waals surface area (Å²) < 4.78 is 24.3. The van der Waals surface area contributed by atoms with Crippen LogP contribution in [0.1, 0.15) is 39.0 Å². The van der Waals surface area contributed by atoms with E-state index in [9.17, 15) is 13.2 Å². The maximum Gasteiger partial charge on any atom is 0.239 e. The minimum Gasteiger partial charge on any atom is -0.340 e. The van der Waals surface area contributed by atoms with Gasteiger partial charge in [0.2, 0.25) is 5.91 Å². The summed E-state index contributed by atoms with van der Waals surface area (Å²) in [4.78, 5) is 14.3. The summed E-state index contributed by atoms with van der Waals surface area (Å²) in [5.41, 5.74) is 0. The van der Waals surface area contributed by atoms with Crippen molar-refractivity contribution in [3.8, 4) is 0 Å². The zero-order valence-electron chi connectivity index (χ0n) is 12.5. The third-order valence-corrected chi connectivity index (χ3v) is 6.83. The minimum absolute atomic E-state index is 0.0672. The van der Waals surface area contributed by atoms with Gasteiger partial charge in [0.05, 0.1) is 17.0 Å². The van der Waals surface area contributed by atoms with Crippen molar-refractivity contribution in [2.75, 3.05) is 25.9 Å². The van der Waals surface area contributed by atoms with E-state index in [1.165, 1.54) is 0 Å². The maximum absolute atomic E-state index is 12.5. The Morgan fingerprint density at radius 2 is 2.00 bits per heavy atom.